The van der Waals surface area contributed by atoms with Crippen molar-refractivity contribution in [3.05, 3.63) is 59.7 Å². The van der Waals surface area contributed by atoms with Crippen molar-refractivity contribution in [3.8, 4) is 0 Å². The maximum atomic E-state index is 13.0. The molecule has 0 radical (unpaired) electrons. The number of rotatable bonds is 5. The number of hydrogen-bond donors (Lipinski definition) is 1. The van der Waals surface area contributed by atoms with Crippen LogP contribution in [-0.4, -0.2) is 31.8 Å². The molecule has 144 valence electrons. The molecule has 1 aliphatic rings. The third kappa shape index (κ3) is 4.50. The van der Waals surface area contributed by atoms with Gasteiger partial charge in [0, 0.05) is 23.8 Å². The summed E-state index contributed by atoms with van der Waals surface area (Å²) in [6, 6.07) is 13.7. The van der Waals surface area contributed by atoms with Crippen molar-refractivity contribution in [3.63, 3.8) is 0 Å². The molecule has 27 heavy (non-hydrogen) atoms. The van der Waals surface area contributed by atoms with E-state index < -0.39 is 10.0 Å². The van der Waals surface area contributed by atoms with E-state index in [0.29, 0.717) is 11.3 Å². The number of anilines is 1. The fourth-order valence-corrected chi connectivity index (χ4v) is 4.59. The smallest absolute Gasteiger partial charge is 0.261 e. The average Bonchev–Trinajstić information content (AvgIpc) is 2.69. The van der Waals surface area contributed by atoms with Gasteiger partial charge in [-0.3, -0.25) is 9.52 Å². The van der Waals surface area contributed by atoms with E-state index >= 15 is 0 Å². The standard InChI is InChI=1S/C21H26N2O3S/c1-3-19-8-4-5-14-23(19)21(24)17-7-6-9-20(15-17)27(25,26)22-18-12-10-16(2)11-13-18/h6-7,9-13,15,19,22H,3-5,8,14H2,1-2H3/t19-/m0/s1. The Hall–Kier alpha value is -2.34. The van der Waals surface area contributed by atoms with Crippen LogP contribution in [0, 0.1) is 6.92 Å². The van der Waals surface area contributed by atoms with Crippen molar-refractivity contribution in [2.45, 2.75) is 50.5 Å². The lowest BCUT2D eigenvalue weighted by atomic mass is 9.99. The maximum absolute atomic E-state index is 13.0. The molecule has 1 heterocycles. The molecule has 0 aromatic heterocycles. The third-order valence-electron chi connectivity index (χ3n) is 5.05. The summed E-state index contributed by atoms with van der Waals surface area (Å²) in [7, 11) is -3.75. The predicted octanol–water partition coefficient (Wildman–Crippen LogP) is 4.20. The first-order valence-corrected chi connectivity index (χ1v) is 10.9. The Kier molecular flexibility index (Phi) is 5.85. The van der Waals surface area contributed by atoms with Gasteiger partial charge in [-0.2, -0.15) is 0 Å². The van der Waals surface area contributed by atoms with Crippen LogP contribution >= 0.6 is 0 Å². The van der Waals surface area contributed by atoms with Crippen LogP contribution in [0.15, 0.2) is 53.4 Å². The molecule has 1 N–H and O–H groups in total. The molecule has 0 spiro atoms. The van der Waals surface area contributed by atoms with E-state index in [2.05, 4.69) is 11.6 Å². The highest BCUT2D eigenvalue weighted by Gasteiger charge is 2.27. The number of nitrogens with one attached hydrogen (secondary N) is 1. The van der Waals surface area contributed by atoms with E-state index in [-0.39, 0.29) is 16.8 Å². The Bertz CT molecular complexity index is 907. The molecule has 1 saturated heterocycles. The van der Waals surface area contributed by atoms with Gasteiger partial charge in [0.05, 0.1) is 4.90 Å². The number of piperidine rings is 1. The van der Waals surface area contributed by atoms with Gasteiger partial charge in [-0.1, -0.05) is 30.7 Å². The van der Waals surface area contributed by atoms with Crippen molar-refractivity contribution < 1.29 is 13.2 Å². The van der Waals surface area contributed by atoms with Crippen LogP contribution < -0.4 is 4.72 Å². The Labute approximate surface area is 161 Å². The lowest BCUT2D eigenvalue weighted by Crippen LogP contribution is -2.43. The van der Waals surface area contributed by atoms with E-state index in [4.69, 9.17) is 0 Å². The molecule has 1 amide bonds. The zero-order chi connectivity index (χ0) is 19.4. The first-order chi connectivity index (χ1) is 12.9. The monoisotopic (exact) mass is 386 g/mol. The van der Waals surface area contributed by atoms with Crippen LogP contribution in [0.2, 0.25) is 0 Å². The van der Waals surface area contributed by atoms with E-state index in [1.165, 1.54) is 12.1 Å². The zero-order valence-corrected chi connectivity index (χ0v) is 16.6. The summed E-state index contributed by atoms with van der Waals surface area (Å²) in [6.45, 7) is 4.76. The van der Waals surface area contributed by atoms with Gasteiger partial charge < -0.3 is 4.90 Å². The molecule has 6 heteroatoms. The second-order valence-corrected chi connectivity index (χ2v) is 8.74. The summed E-state index contributed by atoms with van der Waals surface area (Å²) in [5.41, 5.74) is 1.97. The van der Waals surface area contributed by atoms with Crippen molar-refractivity contribution in [2.75, 3.05) is 11.3 Å². The minimum Gasteiger partial charge on any atom is -0.336 e. The van der Waals surface area contributed by atoms with Gasteiger partial charge in [0.15, 0.2) is 0 Å². The van der Waals surface area contributed by atoms with Crippen LogP contribution in [0.25, 0.3) is 0 Å². The third-order valence-corrected chi connectivity index (χ3v) is 6.43. The first-order valence-electron chi connectivity index (χ1n) is 9.41. The Morgan fingerprint density at radius 1 is 1.15 bits per heavy atom. The quantitative estimate of drug-likeness (QED) is 0.837. The highest BCUT2D eigenvalue weighted by atomic mass is 32.2. The molecule has 0 aliphatic carbocycles. The van der Waals surface area contributed by atoms with Crippen molar-refractivity contribution in [1.82, 2.24) is 4.90 Å². The summed E-state index contributed by atoms with van der Waals surface area (Å²) in [4.78, 5) is 14.9. The van der Waals surface area contributed by atoms with Crippen molar-refractivity contribution in [2.24, 2.45) is 0 Å². The number of sulfonamides is 1. The largest absolute Gasteiger partial charge is 0.336 e. The van der Waals surface area contributed by atoms with E-state index in [9.17, 15) is 13.2 Å². The number of amides is 1. The Morgan fingerprint density at radius 3 is 2.59 bits per heavy atom. The molecule has 1 fully saturated rings. The van der Waals surface area contributed by atoms with Crippen LogP contribution in [0.4, 0.5) is 5.69 Å². The molecule has 3 rings (SSSR count). The van der Waals surface area contributed by atoms with Crippen molar-refractivity contribution >= 4 is 21.6 Å². The summed E-state index contributed by atoms with van der Waals surface area (Å²) < 4.78 is 28.0. The zero-order valence-electron chi connectivity index (χ0n) is 15.8. The van der Waals surface area contributed by atoms with E-state index in [1.54, 1.807) is 24.3 Å². The Morgan fingerprint density at radius 2 is 1.89 bits per heavy atom. The highest BCUT2D eigenvalue weighted by molar-refractivity contribution is 7.92. The fraction of sp³-hybridized carbons (Fsp3) is 0.381. The number of aryl methyl sites for hydroxylation is 1. The van der Waals surface area contributed by atoms with Gasteiger partial charge in [-0.15, -0.1) is 0 Å². The van der Waals surface area contributed by atoms with Gasteiger partial charge in [-0.25, -0.2) is 8.42 Å². The molecule has 2 aromatic rings. The van der Waals surface area contributed by atoms with Crippen molar-refractivity contribution in [1.29, 1.82) is 0 Å². The van der Waals surface area contributed by atoms with E-state index in [0.717, 1.165) is 37.8 Å². The SMILES string of the molecule is CC[C@H]1CCCCN1C(=O)c1cccc(S(=O)(=O)Nc2ccc(C)cc2)c1. The summed E-state index contributed by atoms with van der Waals surface area (Å²) >= 11 is 0. The predicted molar refractivity (Wildman–Crippen MR) is 107 cm³/mol. The van der Waals surface area contributed by atoms with Gasteiger partial charge in [0.1, 0.15) is 0 Å². The number of carbonyl (C=O) groups is 1. The Balaban J connectivity index is 1.83. The van der Waals surface area contributed by atoms with Gasteiger partial charge in [0.25, 0.3) is 15.9 Å². The summed E-state index contributed by atoms with van der Waals surface area (Å²) in [6.07, 6.45) is 4.06. The fourth-order valence-electron chi connectivity index (χ4n) is 3.49. The molecular formula is C21H26N2O3S. The first kappa shape index (κ1) is 19.4. The molecular weight excluding hydrogens is 360 g/mol. The molecule has 0 saturated carbocycles. The number of likely N-dealkylation sites (tertiary alicyclic amines) is 1. The average molecular weight is 387 g/mol. The molecule has 1 atom stereocenters. The van der Waals surface area contributed by atoms with Gasteiger partial charge >= 0.3 is 0 Å². The molecule has 1 aliphatic heterocycles. The van der Waals surface area contributed by atoms with Crippen LogP contribution in [0.3, 0.4) is 0 Å². The van der Waals surface area contributed by atoms with Crippen LogP contribution in [0.1, 0.15) is 48.5 Å². The van der Waals surface area contributed by atoms with E-state index in [1.807, 2.05) is 24.0 Å². The molecule has 5 nitrogen and oxygen atoms in total. The second-order valence-electron chi connectivity index (χ2n) is 7.06. The van der Waals surface area contributed by atoms with Crippen LogP contribution in [0.5, 0.6) is 0 Å². The number of benzene rings is 2. The van der Waals surface area contributed by atoms with Gasteiger partial charge in [0.2, 0.25) is 0 Å². The molecule has 2 aromatic carbocycles. The normalized spacial score (nSPS) is 17.6. The lowest BCUT2D eigenvalue weighted by molar-refractivity contribution is 0.0608. The highest BCUT2D eigenvalue weighted by Crippen LogP contribution is 2.23. The van der Waals surface area contributed by atoms with Crippen LogP contribution in [-0.2, 0) is 10.0 Å². The topological polar surface area (TPSA) is 66.5 Å². The summed E-state index contributed by atoms with van der Waals surface area (Å²) in [5, 5.41) is 0. The maximum Gasteiger partial charge on any atom is 0.261 e. The second kappa shape index (κ2) is 8.13. The number of carbonyl (C=O) groups excluding carboxylic acids is 1. The lowest BCUT2D eigenvalue weighted by Gasteiger charge is -2.35. The minimum absolute atomic E-state index is 0.0889. The number of hydrogen-bond acceptors (Lipinski definition) is 3. The number of nitrogens with zero attached hydrogens (tertiary/aromatic N) is 1. The molecule has 0 bridgehead atoms. The minimum atomic E-state index is -3.75. The molecule has 0 unspecified atom stereocenters. The summed E-state index contributed by atoms with van der Waals surface area (Å²) in [5.74, 6) is -0.0889. The van der Waals surface area contributed by atoms with Gasteiger partial charge in [-0.05, 0) is 62.9 Å².